The van der Waals surface area contributed by atoms with E-state index in [-0.39, 0.29) is 6.07 Å². The molecule has 8 aromatic rings. The maximum absolute atomic E-state index is 16.2. The molecular weight excluding hydrogens is 784 g/mol. The fourth-order valence-corrected chi connectivity index (χ4v) is 6.69. The van der Waals surface area contributed by atoms with Gasteiger partial charge in [-0.1, -0.05) is 30.3 Å². The molecule has 0 radical (unpaired) electrons. The van der Waals surface area contributed by atoms with E-state index < -0.39 is 166 Å². The highest BCUT2D eigenvalue weighted by Gasteiger charge is 2.39. The minimum absolute atomic E-state index is 0.187. The van der Waals surface area contributed by atoms with E-state index in [1.165, 1.54) is 12.1 Å². The van der Waals surface area contributed by atoms with Crippen LogP contribution in [0.3, 0.4) is 0 Å². The van der Waals surface area contributed by atoms with Crippen LogP contribution in [0.1, 0.15) is 0 Å². The molecule has 0 N–H and O–H groups in total. The van der Waals surface area contributed by atoms with Crippen LogP contribution < -0.4 is 14.8 Å². The number of para-hydroxylation sites is 1. The van der Waals surface area contributed by atoms with E-state index in [0.29, 0.717) is 18.2 Å². The molecule has 56 heavy (non-hydrogen) atoms. The van der Waals surface area contributed by atoms with Crippen LogP contribution in [-0.4, -0.2) is 7.12 Å². The normalized spacial score (nSPS) is 11.8. The zero-order valence-corrected chi connectivity index (χ0v) is 26.8. The van der Waals surface area contributed by atoms with Crippen LogP contribution in [0.25, 0.3) is 54.2 Å². The second-order valence-corrected chi connectivity index (χ2v) is 12.1. The van der Waals surface area contributed by atoms with Crippen LogP contribution in [0, 0.1) is 87.3 Å². The molecule has 0 spiro atoms. The molecule has 0 bridgehead atoms. The van der Waals surface area contributed by atoms with Crippen molar-refractivity contribution in [2.75, 3.05) is 0 Å². The summed E-state index contributed by atoms with van der Waals surface area (Å²) in [6.07, 6.45) is 0. The Morgan fingerprint density at radius 3 is 1.54 bits per heavy atom. The van der Waals surface area contributed by atoms with Crippen molar-refractivity contribution in [3.63, 3.8) is 0 Å². The number of benzene rings is 8. The molecule has 0 aliphatic carbocycles. The van der Waals surface area contributed by atoms with Gasteiger partial charge in [-0.25, -0.2) is 61.5 Å². The SMILES string of the molecule is Fc1cc(F)c(F)c(-c2ccccc2OB(Oc2c(F)c(F)c3c(F)c(F)c4c(F)c(F)c(F)c5c(F)c(F)c2c3c45)c2ccc(F)c3c(F)c(F)ccc23)c1. The Hall–Kier alpha value is -6.33. The van der Waals surface area contributed by atoms with Gasteiger partial charge in [0.1, 0.15) is 17.4 Å². The number of fused-ring (bicyclic) bond motifs is 1. The molecule has 0 aromatic heterocycles. The van der Waals surface area contributed by atoms with Crippen molar-refractivity contribution < 1.29 is 75.2 Å². The van der Waals surface area contributed by atoms with Gasteiger partial charge in [-0.05, 0) is 29.7 Å². The summed E-state index contributed by atoms with van der Waals surface area (Å²) >= 11 is 0. The molecule has 0 atom stereocenters. The lowest BCUT2D eigenvalue weighted by Crippen LogP contribution is -2.43. The Balaban J connectivity index is 1.46. The fraction of sp³-hybridized carbons (Fsp3) is 0. The molecule has 18 heteroatoms. The summed E-state index contributed by atoms with van der Waals surface area (Å²) in [7, 11) is -2.58. The summed E-state index contributed by atoms with van der Waals surface area (Å²) in [6, 6.07) is 7.49. The molecule has 0 heterocycles. The summed E-state index contributed by atoms with van der Waals surface area (Å²) in [5.74, 6) is -34.2. The number of halogens is 15. The van der Waals surface area contributed by atoms with Gasteiger partial charge in [0.05, 0.1) is 26.9 Å². The fourth-order valence-electron chi connectivity index (χ4n) is 6.69. The van der Waals surface area contributed by atoms with Gasteiger partial charge >= 0.3 is 7.12 Å². The van der Waals surface area contributed by atoms with Gasteiger partial charge in [0.15, 0.2) is 81.4 Å². The number of hydrogen-bond donors (Lipinski definition) is 0. The third kappa shape index (κ3) is 5.10. The first-order valence-electron chi connectivity index (χ1n) is 15.6. The maximum atomic E-state index is 16.2. The van der Waals surface area contributed by atoms with E-state index in [1.807, 2.05) is 0 Å². The largest absolute Gasteiger partial charge is 0.633 e. The Morgan fingerprint density at radius 2 is 0.893 bits per heavy atom. The zero-order valence-electron chi connectivity index (χ0n) is 26.8. The molecule has 0 unspecified atom stereocenters. The van der Waals surface area contributed by atoms with Crippen molar-refractivity contribution in [2.24, 2.45) is 0 Å². The molecule has 2 nitrogen and oxygen atoms in total. The highest BCUT2D eigenvalue weighted by molar-refractivity contribution is 6.66. The van der Waals surface area contributed by atoms with Gasteiger partial charge in [0.25, 0.3) is 0 Å². The van der Waals surface area contributed by atoms with E-state index in [0.717, 1.165) is 24.3 Å². The molecular formula is C38H10BF15O2. The number of hydrogen-bond acceptors (Lipinski definition) is 2. The molecule has 0 aliphatic heterocycles. The summed E-state index contributed by atoms with van der Waals surface area (Å²) in [5.41, 5.74) is -2.01. The van der Waals surface area contributed by atoms with E-state index in [4.69, 9.17) is 9.31 Å². The minimum atomic E-state index is -2.59. The first kappa shape index (κ1) is 36.6. The molecule has 282 valence electrons. The smallest absolute Gasteiger partial charge is 0.521 e. The lowest BCUT2D eigenvalue weighted by Gasteiger charge is -2.23. The maximum Gasteiger partial charge on any atom is 0.633 e. The molecule has 0 fully saturated rings. The Morgan fingerprint density at radius 1 is 0.357 bits per heavy atom. The summed E-state index contributed by atoms with van der Waals surface area (Å²) in [6.45, 7) is 0. The van der Waals surface area contributed by atoms with Crippen LogP contribution in [0.2, 0.25) is 0 Å². The minimum Gasteiger partial charge on any atom is -0.521 e. The van der Waals surface area contributed by atoms with Crippen molar-refractivity contribution in [1.29, 1.82) is 0 Å². The van der Waals surface area contributed by atoms with Crippen molar-refractivity contribution >= 4 is 55.7 Å². The molecule has 0 aliphatic rings. The monoisotopic (exact) mass is 794 g/mol. The van der Waals surface area contributed by atoms with Crippen molar-refractivity contribution in [3.05, 3.63) is 148 Å². The predicted octanol–water partition coefficient (Wildman–Crippen LogP) is 11.3. The predicted molar refractivity (Wildman–Crippen MR) is 172 cm³/mol. The Kier molecular flexibility index (Phi) is 8.43. The van der Waals surface area contributed by atoms with E-state index in [9.17, 15) is 22.0 Å². The van der Waals surface area contributed by atoms with Gasteiger partial charge in [-0.15, -0.1) is 0 Å². The molecule has 8 rings (SSSR count). The summed E-state index contributed by atoms with van der Waals surface area (Å²) in [4.78, 5) is 0. The Labute approximate surface area is 301 Å². The topological polar surface area (TPSA) is 18.5 Å². The molecule has 8 aromatic carbocycles. The quantitative estimate of drug-likeness (QED) is 0.0549. The van der Waals surface area contributed by atoms with Crippen LogP contribution in [0.5, 0.6) is 11.5 Å². The molecule has 0 saturated carbocycles. The average Bonchev–Trinajstić information content (AvgIpc) is 3.16. The lowest BCUT2D eigenvalue weighted by molar-refractivity contribution is 0.407. The standard InChI is InChI=1S/C38H10BF15O2/c40-11-9-14(27(44)18(43)10-11)12-3-1-2-4-19(12)55-39(15-6-8-16(41)20-13(15)5-7-17(42)28(20)45)56-38-26-22-21-23(29(46)30(47)25(22)34(51)37(38)54)32(49)36(53)33(50)24(21)31(48)35(26)52/h1-10H. The molecule has 0 saturated heterocycles. The van der Waals surface area contributed by atoms with Crippen LogP contribution in [0.4, 0.5) is 65.9 Å². The van der Waals surface area contributed by atoms with E-state index >= 15 is 43.9 Å². The first-order valence-corrected chi connectivity index (χ1v) is 15.6. The molecule has 0 amide bonds. The van der Waals surface area contributed by atoms with Gasteiger partial charge in [-0.2, -0.15) is 4.39 Å². The van der Waals surface area contributed by atoms with Crippen molar-refractivity contribution in [1.82, 2.24) is 0 Å². The Bertz CT molecular complexity index is 2980. The van der Waals surface area contributed by atoms with Crippen LogP contribution >= 0.6 is 0 Å². The summed E-state index contributed by atoms with van der Waals surface area (Å²) in [5, 5.41) is -12.0. The van der Waals surface area contributed by atoms with Crippen molar-refractivity contribution in [3.8, 4) is 22.6 Å². The lowest BCUT2D eigenvalue weighted by atomic mass is 9.75. The highest BCUT2D eigenvalue weighted by atomic mass is 19.2. The zero-order chi connectivity index (χ0) is 40.2. The van der Waals surface area contributed by atoms with Gasteiger partial charge in [-0.3, -0.25) is 0 Å². The van der Waals surface area contributed by atoms with Gasteiger partial charge in [0, 0.05) is 33.4 Å². The first-order chi connectivity index (χ1) is 26.5. The van der Waals surface area contributed by atoms with Crippen molar-refractivity contribution in [2.45, 2.75) is 0 Å². The van der Waals surface area contributed by atoms with E-state index in [2.05, 4.69) is 0 Å². The number of rotatable bonds is 6. The van der Waals surface area contributed by atoms with E-state index in [1.54, 1.807) is 0 Å². The second kappa shape index (κ2) is 12.9. The van der Waals surface area contributed by atoms with Crippen LogP contribution in [0.15, 0.2) is 60.7 Å². The summed E-state index contributed by atoms with van der Waals surface area (Å²) < 4.78 is 238. The highest BCUT2D eigenvalue weighted by Crippen LogP contribution is 2.48. The second-order valence-electron chi connectivity index (χ2n) is 12.1. The third-order valence-electron chi connectivity index (χ3n) is 9.11. The third-order valence-corrected chi connectivity index (χ3v) is 9.11. The van der Waals surface area contributed by atoms with Gasteiger partial charge in [0.2, 0.25) is 0 Å². The van der Waals surface area contributed by atoms with Gasteiger partial charge < -0.3 is 9.31 Å². The average molecular weight is 794 g/mol. The van der Waals surface area contributed by atoms with Crippen LogP contribution in [-0.2, 0) is 0 Å².